The molecule has 1 aromatic rings. The van der Waals surface area contributed by atoms with E-state index in [1.54, 1.807) is 6.92 Å². The fraction of sp³-hybridized carbons (Fsp3) is 0.556. The summed E-state index contributed by atoms with van der Waals surface area (Å²) >= 11 is 0. The lowest BCUT2D eigenvalue weighted by Gasteiger charge is -2.20. The second kappa shape index (κ2) is 7.66. The topological polar surface area (TPSA) is 73.5 Å². The van der Waals surface area contributed by atoms with Crippen molar-refractivity contribution in [2.75, 3.05) is 36.4 Å². The summed E-state index contributed by atoms with van der Waals surface area (Å²) in [5.41, 5.74) is 1.91. The Morgan fingerprint density at radius 3 is 2.79 bits per heavy atom. The summed E-state index contributed by atoms with van der Waals surface area (Å²) in [7, 11) is 0. The molecule has 2 saturated heterocycles. The monoisotopic (exact) mass is 330 g/mol. The first-order valence-electron chi connectivity index (χ1n) is 8.80. The minimum atomic E-state index is -0.548. The van der Waals surface area contributed by atoms with Crippen molar-refractivity contribution in [3.8, 4) is 0 Å². The minimum absolute atomic E-state index is 0.0289. The number of carbonyl (C=O) groups excluding carboxylic acids is 2. The molecule has 0 bridgehead atoms. The summed E-state index contributed by atoms with van der Waals surface area (Å²) in [6.07, 6.45) is 3.27. The van der Waals surface area contributed by atoms with Crippen molar-refractivity contribution < 1.29 is 9.59 Å². The highest BCUT2D eigenvalue weighted by atomic mass is 16.2. The largest absolute Gasteiger partial charge is 0.371 e. The Bertz CT molecular complexity index is 592. The number of nitrogens with one attached hydrogen (secondary N) is 3. The van der Waals surface area contributed by atoms with E-state index in [0.717, 1.165) is 37.4 Å². The van der Waals surface area contributed by atoms with Gasteiger partial charge in [0.1, 0.15) is 6.04 Å². The van der Waals surface area contributed by atoms with E-state index < -0.39 is 6.04 Å². The summed E-state index contributed by atoms with van der Waals surface area (Å²) in [5.74, 6) is -0.264. The molecule has 0 aliphatic carbocycles. The molecule has 6 heteroatoms. The standard InChI is InChI=1S/C18H26N4O2/c1-13(20-18(24)14-7-8-19-12-14)17(23)21-15-5-4-6-16(11-15)22-9-2-3-10-22/h4-6,11,13-14,19H,2-3,7-10,12H2,1H3,(H,20,24)(H,21,23). The van der Waals surface area contributed by atoms with Gasteiger partial charge in [-0.15, -0.1) is 0 Å². The van der Waals surface area contributed by atoms with E-state index in [-0.39, 0.29) is 17.7 Å². The van der Waals surface area contributed by atoms with Gasteiger partial charge >= 0.3 is 0 Å². The number of hydrogen-bond acceptors (Lipinski definition) is 4. The predicted octanol–water partition coefficient (Wildman–Crippen LogP) is 1.34. The maximum atomic E-state index is 12.3. The Morgan fingerprint density at radius 2 is 2.08 bits per heavy atom. The average molecular weight is 330 g/mol. The van der Waals surface area contributed by atoms with E-state index in [1.807, 2.05) is 18.2 Å². The van der Waals surface area contributed by atoms with Crippen molar-refractivity contribution in [3.63, 3.8) is 0 Å². The third kappa shape index (κ3) is 4.06. The van der Waals surface area contributed by atoms with Crippen LogP contribution in [-0.2, 0) is 9.59 Å². The average Bonchev–Trinajstić information content (AvgIpc) is 3.28. The predicted molar refractivity (Wildman–Crippen MR) is 95.1 cm³/mol. The zero-order valence-corrected chi connectivity index (χ0v) is 14.2. The minimum Gasteiger partial charge on any atom is -0.371 e. The lowest BCUT2D eigenvalue weighted by molar-refractivity contribution is -0.128. The van der Waals surface area contributed by atoms with Crippen molar-refractivity contribution in [1.82, 2.24) is 10.6 Å². The molecule has 0 saturated carbocycles. The Hall–Kier alpha value is -2.08. The number of benzene rings is 1. The highest BCUT2D eigenvalue weighted by molar-refractivity contribution is 5.97. The van der Waals surface area contributed by atoms with Gasteiger partial charge in [-0.3, -0.25) is 9.59 Å². The lowest BCUT2D eigenvalue weighted by atomic mass is 10.1. The third-order valence-electron chi connectivity index (χ3n) is 4.77. The fourth-order valence-corrected chi connectivity index (χ4v) is 3.28. The first kappa shape index (κ1) is 16.8. The van der Waals surface area contributed by atoms with Crippen LogP contribution in [0.15, 0.2) is 24.3 Å². The molecule has 2 fully saturated rings. The van der Waals surface area contributed by atoms with Crippen LogP contribution in [0.4, 0.5) is 11.4 Å². The van der Waals surface area contributed by atoms with Crippen LogP contribution in [0.25, 0.3) is 0 Å². The number of nitrogens with zero attached hydrogens (tertiary/aromatic N) is 1. The number of anilines is 2. The summed E-state index contributed by atoms with van der Waals surface area (Å²) < 4.78 is 0. The molecule has 3 N–H and O–H groups in total. The Kier molecular flexibility index (Phi) is 5.35. The molecule has 24 heavy (non-hydrogen) atoms. The highest BCUT2D eigenvalue weighted by Crippen LogP contribution is 2.23. The number of rotatable bonds is 5. The zero-order valence-electron chi connectivity index (χ0n) is 14.2. The molecule has 2 atom stereocenters. The van der Waals surface area contributed by atoms with Crippen molar-refractivity contribution in [2.24, 2.45) is 5.92 Å². The third-order valence-corrected chi connectivity index (χ3v) is 4.77. The number of carbonyl (C=O) groups is 2. The van der Waals surface area contributed by atoms with Crippen LogP contribution in [-0.4, -0.2) is 44.0 Å². The second-order valence-electron chi connectivity index (χ2n) is 6.65. The molecule has 2 unspecified atom stereocenters. The highest BCUT2D eigenvalue weighted by Gasteiger charge is 2.25. The van der Waals surface area contributed by atoms with E-state index in [2.05, 4.69) is 26.9 Å². The van der Waals surface area contributed by atoms with E-state index in [1.165, 1.54) is 12.8 Å². The molecule has 3 rings (SSSR count). The molecule has 0 spiro atoms. The van der Waals surface area contributed by atoms with Gasteiger partial charge in [-0.1, -0.05) is 6.07 Å². The molecular weight excluding hydrogens is 304 g/mol. The van der Waals surface area contributed by atoms with Crippen molar-refractivity contribution in [2.45, 2.75) is 32.2 Å². The first-order chi connectivity index (χ1) is 11.6. The van der Waals surface area contributed by atoms with Crippen LogP contribution >= 0.6 is 0 Å². The van der Waals surface area contributed by atoms with Gasteiger partial charge in [-0.2, -0.15) is 0 Å². The molecule has 2 amide bonds. The molecule has 6 nitrogen and oxygen atoms in total. The Morgan fingerprint density at radius 1 is 1.29 bits per heavy atom. The maximum absolute atomic E-state index is 12.3. The second-order valence-corrected chi connectivity index (χ2v) is 6.65. The van der Waals surface area contributed by atoms with Gasteiger partial charge in [-0.25, -0.2) is 0 Å². The van der Waals surface area contributed by atoms with Gasteiger partial charge in [0.15, 0.2) is 0 Å². The summed E-state index contributed by atoms with van der Waals surface area (Å²) in [6.45, 7) is 5.42. The molecule has 0 aromatic heterocycles. The molecule has 2 aliphatic heterocycles. The van der Waals surface area contributed by atoms with E-state index in [9.17, 15) is 9.59 Å². The Labute approximate surface area is 143 Å². The van der Waals surface area contributed by atoms with Gasteiger partial charge in [0.2, 0.25) is 11.8 Å². The first-order valence-corrected chi connectivity index (χ1v) is 8.80. The van der Waals surface area contributed by atoms with Gasteiger partial charge in [0.05, 0.1) is 5.92 Å². The normalized spacial score (nSPS) is 21.5. The van der Waals surface area contributed by atoms with Crippen LogP contribution in [0.1, 0.15) is 26.2 Å². The molecule has 0 radical (unpaired) electrons. The quantitative estimate of drug-likeness (QED) is 0.762. The maximum Gasteiger partial charge on any atom is 0.246 e. The van der Waals surface area contributed by atoms with Crippen molar-refractivity contribution >= 4 is 23.2 Å². The van der Waals surface area contributed by atoms with Crippen LogP contribution < -0.4 is 20.9 Å². The van der Waals surface area contributed by atoms with Gasteiger partial charge in [-0.05, 0) is 50.9 Å². The zero-order chi connectivity index (χ0) is 16.9. The number of hydrogen-bond donors (Lipinski definition) is 3. The molecule has 2 aliphatic rings. The Balaban J connectivity index is 1.55. The summed E-state index contributed by atoms with van der Waals surface area (Å²) in [6, 6.07) is 7.36. The van der Waals surface area contributed by atoms with Crippen LogP contribution in [0.2, 0.25) is 0 Å². The van der Waals surface area contributed by atoms with Crippen LogP contribution in [0.3, 0.4) is 0 Å². The SMILES string of the molecule is CC(NC(=O)C1CCNC1)C(=O)Nc1cccc(N2CCCC2)c1. The van der Waals surface area contributed by atoms with Crippen molar-refractivity contribution in [1.29, 1.82) is 0 Å². The lowest BCUT2D eigenvalue weighted by Crippen LogP contribution is -2.44. The van der Waals surface area contributed by atoms with Gasteiger partial charge in [0, 0.05) is 31.0 Å². The smallest absolute Gasteiger partial charge is 0.246 e. The van der Waals surface area contributed by atoms with Crippen LogP contribution in [0.5, 0.6) is 0 Å². The molecular formula is C18H26N4O2. The molecule has 2 heterocycles. The summed E-state index contributed by atoms with van der Waals surface area (Å²) in [4.78, 5) is 26.8. The van der Waals surface area contributed by atoms with E-state index in [0.29, 0.717) is 6.54 Å². The van der Waals surface area contributed by atoms with Crippen LogP contribution in [0, 0.1) is 5.92 Å². The van der Waals surface area contributed by atoms with Gasteiger partial charge in [0.25, 0.3) is 0 Å². The van der Waals surface area contributed by atoms with Gasteiger partial charge < -0.3 is 20.9 Å². The van der Waals surface area contributed by atoms with Crippen molar-refractivity contribution in [3.05, 3.63) is 24.3 Å². The van der Waals surface area contributed by atoms with E-state index >= 15 is 0 Å². The molecule has 1 aromatic carbocycles. The molecule has 130 valence electrons. The number of amides is 2. The summed E-state index contributed by atoms with van der Waals surface area (Å²) in [5, 5.41) is 8.88. The fourth-order valence-electron chi connectivity index (χ4n) is 3.28. The van der Waals surface area contributed by atoms with E-state index in [4.69, 9.17) is 0 Å².